The van der Waals surface area contributed by atoms with E-state index in [-0.39, 0.29) is 11.8 Å². The van der Waals surface area contributed by atoms with Crippen LogP contribution in [0.15, 0.2) is 40.7 Å². The Morgan fingerprint density at radius 1 is 1.25 bits per heavy atom. The summed E-state index contributed by atoms with van der Waals surface area (Å²) >= 11 is 1.67. The monoisotopic (exact) mass is 397 g/mol. The van der Waals surface area contributed by atoms with Gasteiger partial charge in [0.2, 0.25) is 11.1 Å². The first-order chi connectivity index (χ1) is 13.4. The van der Waals surface area contributed by atoms with E-state index < -0.39 is 0 Å². The number of anilines is 2. The third-order valence-corrected chi connectivity index (χ3v) is 6.38. The second-order valence-electron chi connectivity index (χ2n) is 8.05. The summed E-state index contributed by atoms with van der Waals surface area (Å²) in [5.74, 6) is 2.49. The number of carbonyl (C=O) groups excluding carboxylic acids is 1. The van der Waals surface area contributed by atoms with Gasteiger partial charge in [-0.1, -0.05) is 37.7 Å². The molecule has 28 heavy (non-hydrogen) atoms. The van der Waals surface area contributed by atoms with Gasteiger partial charge in [0.25, 0.3) is 0 Å². The van der Waals surface area contributed by atoms with E-state index in [1.54, 1.807) is 11.8 Å². The summed E-state index contributed by atoms with van der Waals surface area (Å²) in [6.45, 7) is 4.38. The normalized spacial score (nSPS) is 18.8. The van der Waals surface area contributed by atoms with Crippen LogP contribution in [0.1, 0.15) is 44.7 Å². The zero-order valence-electron chi connectivity index (χ0n) is 16.9. The Morgan fingerprint density at radius 3 is 2.68 bits per heavy atom. The van der Waals surface area contributed by atoms with E-state index >= 15 is 0 Å². The highest BCUT2D eigenvalue weighted by Crippen LogP contribution is 2.40. The van der Waals surface area contributed by atoms with Crippen molar-refractivity contribution in [2.45, 2.75) is 44.3 Å². The molecule has 1 atom stereocenters. The molecule has 1 N–H and O–H groups in total. The Morgan fingerprint density at radius 2 is 2.00 bits per heavy atom. The number of allylic oxidation sites excluding steroid dienone is 2. The number of ketones is 1. The first kappa shape index (κ1) is 19.1. The fourth-order valence-corrected chi connectivity index (χ4v) is 4.48. The smallest absolute Gasteiger partial charge is 0.227 e. The Hall–Kier alpha value is -2.28. The Bertz CT molecular complexity index is 913. The number of thioether (sulfide) groups is 1. The Kier molecular flexibility index (Phi) is 5.19. The molecular formula is C21H27N5OS. The average Bonchev–Trinajstić information content (AvgIpc) is 3.07. The van der Waals surface area contributed by atoms with Crippen LogP contribution in [0.4, 0.5) is 11.6 Å². The van der Waals surface area contributed by atoms with Gasteiger partial charge >= 0.3 is 0 Å². The number of hydrogen-bond acceptors (Lipinski definition) is 6. The molecule has 1 aliphatic heterocycles. The predicted octanol–water partition coefficient (Wildman–Crippen LogP) is 4.11. The third-order valence-electron chi connectivity index (χ3n) is 5.12. The average molecular weight is 398 g/mol. The van der Waals surface area contributed by atoms with E-state index in [1.807, 2.05) is 18.8 Å². The molecule has 0 amide bonds. The first-order valence-electron chi connectivity index (χ1n) is 9.84. The molecule has 0 radical (unpaired) electrons. The molecule has 2 aliphatic rings. The lowest BCUT2D eigenvalue weighted by Gasteiger charge is -2.32. The molecule has 6 nitrogen and oxygen atoms in total. The molecular weight excluding hydrogens is 370 g/mol. The van der Waals surface area contributed by atoms with E-state index in [9.17, 15) is 4.79 Å². The van der Waals surface area contributed by atoms with Gasteiger partial charge < -0.3 is 10.2 Å². The zero-order chi connectivity index (χ0) is 19.8. The van der Waals surface area contributed by atoms with E-state index in [2.05, 4.69) is 48.3 Å². The minimum Gasteiger partial charge on any atom is -0.378 e. The Labute approximate surface area is 170 Å². The highest BCUT2D eigenvalue weighted by molar-refractivity contribution is 7.99. The number of rotatable bonds is 5. The first-order valence-corrected chi connectivity index (χ1v) is 10.8. The lowest BCUT2D eigenvalue weighted by atomic mass is 9.85. The lowest BCUT2D eigenvalue weighted by molar-refractivity contribution is -0.116. The van der Waals surface area contributed by atoms with Gasteiger partial charge in [-0.05, 0) is 36.5 Å². The third kappa shape index (κ3) is 3.55. The molecule has 1 aliphatic carbocycles. The van der Waals surface area contributed by atoms with Gasteiger partial charge in [0, 0.05) is 43.2 Å². The molecule has 4 rings (SSSR count). The van der Waals surface area contributed by atoms with Crippen molar-refractivity contribution in [2.24, 2.45) is 5.92 Å². The number of benzene rings is 1. The van der Waals surface area contributed by atoms with Crippen LogP contribution in [0.3, 0.4) is 0 Å². The standard InChI is InChI=1S/C21H27N5OS/c1-13(2)12-28-21-23-20-22-16-6-5-7-17(27)18(16)19(26(20)24-21)14-8-10-15(11-9-14)25(3)4/h8-11,13,19H,5-7,12H2,1-4H3,(H,22,23,24). The molecule has 1 unspecified atom stereocenters. The van der Waals surface area contributed by atoms with Crippen molar-refractivity contribution < 1.29 is 4.79 Å². The molecule has 0 spiro atoms. The van der Waals surface area contributed by atoms with Gasteiger partial charge in [0.05, 0.1) is 0 Å². The van der Waals surface area contributed by atoms with Gasteiger partial charge in [0.1, 0.15) is 6.04 Å². The molecule has 0 bridgehead atoms. The number of carbonyl (C=O) groups is 1. The lowest BCUT2D eigenvalue weighted by Crippen LogP contribution is -2.31. The highest BCUT2D eigenvalue weighted by Gasteiger charge is 2.36. The van der Waals surface area contributed by atoms with Crippen molar-refractivity contribution in [1.82, 2.24) is 14.8 Å². The van der Waals surface area contributed by atoms with E-state index in [4.69, 9.17) is 10.1 Å². The maximum atomic E-state index is 12.8. The van der Waals surface area contributed by atoms with Crippen molar-refractivity contribution >= 4 is 29.2 Å². The molecule has 0 fully saturated rings. The summed E-state index contributed by atoms with van der Waals surface area (Å²) in [5.41, 5.74) is 4.06. The van der Waals surface area contributed by atoms with Crippen LogP contribution in [-0.2, 0) is 4.79 Å². The van der Waals surface area contributed by atoms with Gasteiger partial charge in [0.15, 0.2) is 5.78 Å². The van der Waals surface area contributed by atoms with Crippen molar-refractivity contribution in [3.8, 4) is 0 Å². The summed E-state index contributed by atoms with van der Waals surface area (Å²) in [6.07, 6.45) is 2.38. The van der Waals surface area contributed by atoms with E-state index in [0.29, 0.717) is 12.3 Å². The summed E-state index contributed by atoms with van der Waals surface area (Å²) in [7, 11) is 4.05. The van der Waals surface area contributed by atoms with Crippen LogP contribution in [0, 0.1) is 5.92 Å². The summed E-state index contributed by atoms with van der Waals surface area (Å²) < 4.78 is 1.90. The molecule has 2 aromatic rings. The molecule has 7 heteroatoms. The fourth-order valence-electron chi connectivity index (χ4n) is 3.70. The zero-order valence-corrected chi connectivity index (χ0v) is 17.7. The van der Waals surface area contributed by atoms with Gasteiger partial charge in [-0.15, -0.1) is 5.10 Å². The number of aromatic nitrogens is 3. The number of hydrogen-bond donors (Lipinski definition) is 1. The highest BCUT2D eigenvalue weighted by atomic mass is 32.2. The Balaban J connectivity index is 1.76. The molecule has 1 aromatic carbocycles. The van der Waals surface area contributed by atoms with Gasteiger partial charge in [-0.2, -0.15) is 4.98 Å². The van der Waals surface area contributed by atoms with Crippen LogP contribution in [-0.4, -0.2) is 40.4 Å². The van der Waals surface area contributed by atoms with E-state index in [1.165, 1.54) is 0 Å². The van der Waals surface area contributed by atoms with Crippen LogP contribution >= 0.6 is 11.8 Å². The van der Waals surface area contributed by atoms with E-state index in [0.717, 1.165) is 52.2 Å². The maximum Gasteiger partial charge on any atom is 0.227 e. The number of nitrogens with one attached hydrogen (secondary N) is 1. The second-order valence-corrected chi connectivity index (χ2v) is 9.04. The molecule has 148 valence electrons. The molecule has 0 saturated heterocycles. The van der Waals surface area contributed by atoms with Crippen LogP contribution in [0.5, 0.6) is 0 Å². The van der Waals surface area contributed by atoms with Crippen molar-refractivity contribution in [2.75, 3.05) is 30.1 Å². The second kappa shape index (κ2) is 7.62. The maximum absolute atomic E-state index is 12.8. The molecule has 0 saturated carbocycles. The SMILES string of the molecule is CC(C)CSc1nc2n(n1)C(c1ccc(N(C)C)cc1)C1=C(CCCC1=O)N2. The van der Waals surface area contributed by atoms with Crippen LogP contribution in [0.2, 0.25) is 0 Å². The fraction of sp³-hybridized carbons (Fsp3) is 0.476. The topological polar surface area (TPSA) is 63.1 Å². The van der Waals surface area contributed by atoms with Crippen molar-refractivity contribution in [3.63, 3.8) is 0 Å². The number of Topliss-reactive ketones (excluding diaryl/α,β-unsaturated/α-hetero) is 1. The summed E-state index contributed by atoms with van der Waals surface area (Å²) in [5, 5.41) is 8.93. The summed E-state index contributed by atoms with van der Waals surface area (Å²) in [6, 6.07) is 8.18. The van der Waals surface area contributed by atoms with Crippen molar-refractivity contribution in [3.05, 3.63) is 41.1 Å². The molecule has 1 aromatic heterocycles. The van der Waals surface area contributed by atoms with Crippen LogP contribution < -0.4 is 10.2 Å². The minimum absolute atomic E-state index is 0.212. The van der Waals surface area contributed by atoms with Gasteiger partial charge in [-0.25, -0.2) is 4.68 Å². The number of fused-ring (bicyclic) bond motifs is 1. The quantitative estimate of drug-likeness (QED) is 0.766. The van der Waals surface area contributed by atoms with Crippen LogP contribution in [0.25, 0.3) is 0 Å². The van der Waals surface area contributed by atoms with Crippen molar-refractivity contribution in [1.29, 1.82) is 0 Å². The predicted molar refractivity (Wildman–Crippen MR) is 114 cm³/mol. The van der Waals surface area contributed by atoms with Gasteiger partial charge in [-0.3, -0.25) is 4.79 Å². The summed E-state index contributed by atoms with van der Waals surface area (Å²) in [4.78, 5) is 19.6. The number of nitrogens with zero attached hydrogens (tertiary/aromatic N) is 4. The largest absolute Gasteiger partial charge is 0.378 e. The molecule has 2 heterocycles. The minimum atomic E-state index is -0.212.